The molecule has 0 aliphatic heterocycles. The van der Waals surface area contributed by atoms with Crippen LogP contribution in [0.3, 0.4) is 0 Å². The number of fused-ring (bicyclic) bond motifs is 2. The summed E-state index contributed by atoms with van der Waals surface area (Å²) < 4.78 is 349. The lowest BCUT2D eigenvalue weighted by molar-refractivity contribution is -0.691. The van der Waals surface area contributed by atoms with Gasteiger partial charge in [0, 0.05) is 16.3 Å². The van der Waals surface area contributed by atoms with Gasteiger partial charge in [0.15, 0.2) is 12.7 Å². The lowest BCUT2D eigenvalue weighted by Gasteiger charge is -2.46. The number of aromatic nitrogens is 2. The quantitative estimate of drug-likeness (QED) is 0.0380. The van der Waals surface area contributed by atoms with Gasteiger partial charge in [-0.2, -0.15) is 132 Å². The molecule has 0 aliphatic rings. The molecule has 9 aromatic rings. The van der Waals surface area contributed by atoms with Crippen LogP contribution in [0.25, 0.3) is 21.5 Å². The Hall–Kier alpha value is -8.79. The van der Waals surface area contributed by atoms with Gasteiger partial charge < -0.3 is 4.74 Å². The van der Waals surface area contributed by atoms with E-state index in [0.29, 0.717) is 18.0 Å². The Bertz CT molecular complexity index is 3540. The number of rotatable bonds is 8. The van der Waals surface area contributed by atoms with Crippen LogP contribution in [0.5, 0.6) is 5.75 Å². The molecule has 87 heavy (non-hydrogen) atoms. The second-order valence-electron chi connectivity index (χ2n) is 19.3. The maximum Gasteiger partial charge on any atom is 0.416 e. The van der Waals surface area contributed by atoms with Gasteiger partial charge in [0.05, 0.1) is 50.7 Å². The van der Waals surface area contributed by atoms with Crippen LogP contribution in [0.4, 0.5) is 105 Å². The van der Waals surface area contributed by atoms with Crippen molar-refractivity contribution in [2.45, 2.75) is 56.0 Å². The minimum Gasteiger partial charge on any atom is -0.417 e. The number of hydrogen-bond acceptors (Lipinski definition) is 3. The van der Waals surface area contributed by atoms with Crippen LogP contribution in [0.1, 0.15) is 60.6 Å². The van der Waals surface area contributed by atoms with Crippen LogP contribution in [0.2, 0.25) is 0 Å². The molecule has 456 valence electrons. The molecule has 8 aromatic carbocycles. The molecule has 0 unspecified atom stereocenters. The number of carbonyl (C=O) groups excluding carboxylic acids is 1. The first-order valence-corrected chi connectivity index (χ1v) is 24.4. The van der Waals surface area contributed by atoms with E-state index in [4.69, 9.17) is 4.74 Å². The maximum absolute atomic E-state index is 14.2. The molecule has 1 heterocycles. The van der Waals surface area contributed by atoms with Gasteiger partial charge in [0.1, 0.15) is 18.1 Å². The lowest BCUT2D eigenvalue weighted by atomic mass is 9.12. The van der Waals surface area contributed by atoms with Gasteiger partial charge in [-0.15, -0.1) is 0 Å². The van der Waals surface area contributed by atoms with Crippen molar-refractivity contribution in [2.75, 3.05) is 0 Å². The standard InChI is InChI=1S/C32H12BF24.C26H19N2O2/c34-25(35,36)13-1-14(26(37,38)39)6-21(5-13)33(22-7-15(27(40,41)42)2-16(8-22)28(43,44)45,23-9-17(29(46,47)48)3-18(10-23)30(49,50)51)24-11-19(31(52,53)54)4-20(12-24)32(55,56)57;29-26(24-17-27-14-15-28(24)18-19-8-2-1-3-9-19)30-25-22-12-6-4-10-20(22)16-21-11-5-7-13-23(21)25/h1-12H;1-17H,18H2/q-1;+1. The molecule has 29 heteroatoms. The predicted octanol–water partition coefficient (Wildman–Crippen LogP) is 16.2. The van der Waals surface area contributed by atoms with Crippen LogP contribution in [0, 0.1) is 0 Å². The van der Waals surface area contributed by atoms with Crippen molar-refractivity contribution in [2.24, 2.45) is 0 Å². The van der Waals surface area contributed by atoms with Crippen molar-refractivity contribution in [1.29, 1.82) is 0 Å². The number of benzene rings is 8. The highest BCUT2D eigenvalue weighted by Crippen LogP contribution is 2.42. The summed E-state index contributed by atoms with van der Waals surface area (Å²) in [7, 11) is 0. The van der Waals surface area contributed by atoms with E-state index < -0.39 is 201 Å². The summed E-state index contributed by atoms with van der Waals surface area (Å²) >= 11 is 0. The summed E-state index contributed by atoms with van der Waals surface area (Å²) in [6.45, 7) is 0.560. The second kappa shape index (κ2) is 22.8. The highest BCUT2D eigenvalue weighted by Gasteiger charge is 2.47. The fraction of sp³-hybridized carbons (Fsp3) is 0.155. The Morgan fingerprint density at radius 1 is 0.379 bits per heavy atom. The Morgan fingerprint density at radius 3 is 0.966 bits per heavy atom. The van der Waals surface area contributed by atoms with E-state index in [1.165, 1.54) is 0 Å². The molecule has 0 radical (unpaired) electrons. The Labute approximate surface area is 472 Å². The van der Waals surface area contributed by atoms with Gasteiger partial charge in [-0.3, -0.25) is 4.98 Å². The molecule has 4 nitrogen and oxygen atoms in total. The van der Waals surface area contributed by atoms with Gasteiger partial charge in [-0.25, -0.2) is 4.79 Å². The van der Waals surface area contributed by atoms with E-state index >= 15 is 0 Å². The van der Waals surface area contributed by atoms with Crippen LogP contribution in [0.15, 0.2) is 176 Å². The first-order chi connectivity index (χ1) is 40.1. The Kier molecular flexibility index (Phi) is 16.8. The van der Waals surface area contributed by atoms with E-state index in [0.717, 1.165) is 27.1 Å². The minimum absolute atomic E-state index is 0.401. The summed E-state index contributed by atoms with van der Waals surface area (Å²) in [6.07, 6.45) is -49.8. The first kappa shape index (κ1) is 64.2. The van der Waals surface area contributed by atoms with Gasteiger partial charge in [-0.1, -0.05) is 127 Å². The third kappa shape index (κ3) is 14.1. The van der Waals surface area contributed by atoms with E-state index in [-0.39, 0.29) is 0 Å². The summed E-state index contributed by atoms with van der Waals surface area (Å²) in [5.74, 6) is 0.143. The van der Waals surface area contributed by atoms with Crippen molar-refractivity contribution in [1.82, 2.24) is 4.98 Å². The van der Waals surface area contributed by atoms with Crippen molar-refractivity contribution in [3.8, 4) is 5.75 Å². The second-order valence-corrected chi connectivity index (χ2v) is 19.3. The molecule has 1 aromatic heterocycles. The summed E-state index contributed by atoms with van der Waals surface area (Å²) in [5.41, 5.74) is -28.7. The van der Waals surface area contributed by atoms with E-state index in [2.05, 4.69) is 11.1 Å². The summed E-state index contributed by atoms with van der Waals surface area (Å²) in [4.78, 5) is 17.4. The van der Waals surface area contributed by atoms with Crippen molar-refractivity contribution in [3.05, 3.63) is 232 Å². The fourth-order valence-corrected chi connectivity index (χ4v) is 9.77. The lowest BCUT2D eigenvalue weighted by Crippen LogP contribution is -2.75. The molecule has 0 amide bonds. The zero-order chi connectivity index (χ0) is 64.3. The maximum atomic E-state index is 14.2. The minimum atomic E-state index is -6.13. The zero-order valence-corrected chi connectivity index (χ0v) is 42.8. The largest absolute Gasteiger partial charge is 0.417 e. The van der Waals surface area contributed by atoms with Crippen LogP contribution >= 0.6 is 0 Å². The normalized spacial score (nSPS) is 13.1. The monoisotopic (exact) mass is 1250 g/mol. The number of alkyl halides is 24. The topological polar surface area (TPSA) is 43.1 Å². The third-order valence-corrected chi connectivity index (χ3v) is 13.6. The van der Waals surface area contributed by atoms with Crippen LogP contribution in [-0.4, -0.2) is 17.1 Å². The highest BCUT2D eigenvalue weighted by atomic mass is 19.4. The average molecular weight is 1250 g/mol. The molecule has 0 saturated heterocycles. The van der Waals surface area contributed by atoms with Crippen molar-refractivity contribution in [3.63, 3.8) is 0 Å². The van der Waals surface area contributed by atoms with E-state index in [1.807, 2.05) is 83.4 Å². The SMILES string of the molecule is FC(F)(F)c1cc([B-](c2cc(C(F)(F)F)cc(C(F)(F)F)c2)(c2cc(C(F)(F)F)cc(C(F)(F)F)c2)c2cc(C(F)(F)F)cc(C(F)(F)F)c2)cc(C(F)(F)F)c1.O=C(Oc1c2ccccc2cc2ccccc12)c1cncc[n+]1Cc1ccccc1. The van der Waals surface area contributed by atoms with Crippen LogP contribution in [-0.2, 0) is 56.0 Å². The molecule has 0 bridgehead atoms. The first-order valence-electron chi connectivity index (χ1n) is 24.4. The Morgan fingerprint density at radius 2 is 0.667 bits per heavy atom. The molecule has 0 aliphatic carbocycles. The molecule has 0 saturated carbocycles. The van der Waals surface area contributed by atoms with Gasteiger partial charge in [-0.05, 0) is 41.1 Å². The Balaban J connectivity index is 0.000000271. The number of esters is 1. The highest BCUT2D eigenvalue weighted by molar-refractivity contribution is 7.20. The fourth-order valence-electron chi connectivity index (χ4n) is 9.77. The van der Waals surface area contributed by atoms with E-state index in [1.54, 1.807) is 18.6 Å². The number of ether oxygens (including phenoxy) is 1. The van der Waals surface area contributed by atoms with Crippen LogP contribution < -0.4 is 31.2 Å². The molecular formula is C58H31BF24N2O2. The number of carbonyl (C=O) groups is 1. The number of hydrogen-bond donors (Lipinski definition) is 0. The summed E-state index contributed by atoms with van der Waals surface area (Å²) in [5, 5.41) is 3.87. The average Bonchev–Trinajstić information content (AvgIpc) is 0.716. The molecule has 0 N–H and O–H groups in total. The predicted molar refractivity (Wildman–Crippen MR) is 266 cm³/mol. The molecular weight excluding hydrogens is 1220 g/mol. The number of nitrogens with zero attached hydrogens (tertiary/aromatic N) is 2. The van der Waals surface area contributed by atoms with Gasteiger partial charge in [0.2, 0.25) is 0 Å². The molecule has 9 rings (SSSR count). The molecule has 0 atom stereocenters. The van der Waals surface area contributed by atoms with Crippen molar-refractivity contribution >= 4 is 55.5 Å². The van der Waals surface area contributed by atoms with Gasteiger partial charge in [0.25, 0.3) is 0 Å². The zero-order valence-electron chi connectivity index (χ0n) is 42.8. The smallest absolute Gasteiger partial charge is 0.416 e. The third-order valence-electron chi connectivity index (χ3n) is 13.6. The van der Waals surface area contributed by atoms with Crippen molar-refractivity contribution < 1.29 is 119 Å². The summed E-state index contributed by atoms with van der Waals surface area (Å²) in [6, 6.07) is 19.2. The molecule has 0 spiro atoms. The van der Waals surface area contributed by atoms with Gasteiger partial charge >= 0.3 is 61.1 Å². The molecule has 0 fully saturated rings. The number of halogens is 24. The van der Waals surface area contributed by atoms with E-state index in [9.17, 15) is 110 Å².